The Kier molecular flexibility index (Phi) is 6.03. The fourth-order valence-electron chi connectivity index (χ4n) is 3.50. The van der Waals surface area contributed by atoms with Crippen molar-refractivity contribution in [3.8, 4) is 0 Å². The van der Waals surface area contributed by atoms with Crippen LogP contribution in [0.3, 0.4) is 0 Å². The first kappa shape index (κ1) is 21.4. The molecule has 1 saturated heterocycles. The zero-order valence-corrected chi connectivity index (χ0v) is 17.7. The van der Waals surface area contributed by atoms with Gasteiger partial charge in [-0.3, -0.25) is 19.9 Å². The van der Waals surface area contributed by atoms with Crippen molar-refractivity contribution in [1.82, 2.24) is 10.9 Å². The van der Waals surface area contributed by atoms with E-state index < -0.39 is 23.7 Å². The van der Waals surface area contributed by atoms with Gasteiger partial charge >= 0.3 is 0 Å². The molecule has 0 bridgehead atoms. The van der Waals surface area contributed by atoms with E-state index in [1.807, 2.05) is 32.0 Å². The topological polar surface area (TPSA) is 85.8 Å². The summed E-state index contributed by atoms with van der Waals surface area (Å²) in [6.45, 7) is 4.24. The number of hydrogen-bond donors (Lipinski definition) is 3. The van der Waals surface area contributed by atoms with Crippen molar-refractivity contribution in [3.63, 3.8) is 0 Å². The molecule has 2 heterocycles. The molecule has 0 aromatic heterocycles. The summed E-state index contributed by atoms with van der Waals surface area (Å²) in [4.78, 5) is 31.3. The second-order valence-corrected chi connectivity index (χ2v) is 8.36. The van der Waals surface area contributed by atoms with Crippen LogP contribution in [0.15, 0.2) is 41.4 Å². The molecule has 7 nitrogen and oxygen atoms in total. The number of halogens is 2. The van der Waals surface area contributed by atoms with Gasteiger partial charge in [0.25, 0.3) is 0 Å². The summed E-state index contributed by atoms with van der Waals surface area (Å²) in [5.41, 5.74) is 8.71. The first-order valence-corrected chi connectivity index (χ1v) is 10.7. The van der Waals surface area contributed by atoms with Crippen LogP contribution in [0.2, 0.25) is 0 Å². The third-order valence-corrected chi connectivity index (χ3v) is 6.03. The Morgan fingerprint density at radius 1 is 1.23 bits per heavy atom. The highest BCUT2D eigenvalue weighted by Crippen LogP contribution is 2.30. The number of carbonyl (C=O) groups is 2. The summed E-state index contributed by atoms with van der Waals surface area (Å²) in [5, 5.41) is 3.09. The van der Waals surface area contributed by atoms with E-state index in [2.05, 4.69) is 21.2 Å². The molecule has 2 atom stereocenters. The van der Waals surface area contributed by atoms with Crippen molar-refractivity contribution >= 4 is 40.1 Å². The van der Waals surface area contributed by atoms with Crippen molar-refractivity contribution < 1.29 is 18.4 Å². The Bertz CT molecular complexity index is 1080. The third-order valence-electron chi connectivity index (χ3n) is 5.08. The summed E-state index contributed by atoms with van der Waals surface area (Å²) in [6, 6.07) is 8.94. The first-order chi connectivity index (χ1) is 14.8. The van der Waals surface area contributed by atoms with Gasteiger partial charge in [0.05, 0.1) is 17.4 Å². The highest BCUT2D eigenvalue weighted by atomic mass is 32.2. The number of carbonyl (C=O) groups excluding carboxylic acids is 2. The van der Waals surface area contributed by atoms with Crippen molar-refractivity contribution in [2.75, 3.05) is 22.5 Å². The van der Waals surface area contributed by atoms with Crippen LogP contribution in [0.25, 0.3) is 0 Å². The van der Waals surface area contributed by atoms with Gasteiger partial charge in [-0.05, 0) is 37.6 Å². The molecule has 162 valence electrons. The lowest BCUT2D eigenvalue weighted by Gasteiger charge is -2.32. The highest BCUT2D eigenvalue weighted by Gasteiger charge is 2.42. The van der Waals surface area contributed by atoms with Crippen LogP contribution < -0.4 is 21.1 Å². The van der Waals surface area contributed by atoms with Gasteiger partial charge in [-0.2, -0.15) is 0 Å². The number of fused-ring (bicyclic) bond motifs is 1. The molecule has 2 aliphatic rings. The van der Waals surface area contributed by atoms with E-state index >= 15 is 0 Å². The van der Waals surface area contributed by atoms with Crippen LogP contribution in [0, 0.1) is 31.4 Å². The maximum Gasteiger partial charge on any atom is 0.241 e. The molecule has 2 unspecified atom stereocenters. The fraction of sp³-hybridized carbons (Fsp3) is 0.286. The molecule has 2 aromatic rings. The van der Waals surface area contributed by atoms with E-state index in [0.717, 1.165) is 35.0 Å². The monoisotopic (exact) mass is 445 g/mol. The lowest BCUT2D eigenvalue weighted by atomic mass is 10.0. The summed E-state index contributed by atoms with van der Waals surface area (Å²) in [6.07, 6.45) is -0.487. The number of amides is 2. The van der Waals surface area contributed by atoms with Crippen LogP contribution in [0.5, 0.6) is 0 Å². The van der Waals surface area contributed by atoms with Gasteiger partial charge in [0.15, 0.2) is 16.8 Å². The Hall–Kier alpha value is -2.82. The molecule has 31 heavy (non-hydrogen) atoms. The van der Waals surface area contributed by atoms with Gasteiger partial charge < -0.3 is 5.32 Å². The van der Waals surface area contributed by atoms with Crippen LogP contribution >= 0.6 is 11.8 Å². The van der Waals surface area contributed by atoms with Crippen LogP contribution in [-0.4, -0.2) is 35.4 Å². The number of nitrogens with zero attached hydrogens (tertiary/aromatic N) is 2. The average molecular weight is 445 g/mol. The number of thioether (sulfide) groups is 1. The van der Waals surface area contributed by atoms with Gasteiger partial charge in [-0.25, -0.2) is 19.2 Å². The van der Waals surface area contributed by atoms with E-state index in [4.69, 9.17) is 0 Å². The lowest BCUT2D eigenvalue weighted by Crippen LogP contribution is -2.49. The first-order valence-electron chi connectivity index (χ1n) is 9.68. The van der Waals surface area contributed by atoms with Gasteiger partial charge in [-0.1, -0.05) is 29.5 Å². The number of aryl methyl sites for hydroxylation is 2. The van der Waals surface area contributed by atoms with Crippen LogP contribution in [0.4, 0.5) is 20.2 Å². The minimum atomic E-state index is -1.06. The zero-order chi connectivity index (χ0) is 22.1. The lowest BCUT2D eigenvalue weighted by molar-refractivity contribution is -0.121. The minimum Gasteiger partial charge on any atom is -0.325 e. The maximum atomic E-state index is 13.8. The van der Waals surface area contributed by atoms with E-state index in [1.54, 1.807) is 0 Å². The Morgan fingerprint density at radius 3 is 2.77 bits per heavy atom. The molecule has 0 radical (unpaired) electrons. The molecule has 3 N–H and O–H groups in total. The van der Waals surface area contributed by atoms with E-state index in [1.165, 1.54) is 11.0 Å². The molecule has 0 spiro atoms. The van der Waals surface area contributed by atoms with Crippen molar-refractivity contribution in [1.29, 1.82) is 0 Å². The van der Waals surface area contributed by atoms with Crippen molar-refractivity contribution in [2.45, 2.75) is 20.0 Å². The number of anilines is 2. The molecule has 4 rings (SSSR count). The predicted octanol–water partition coefficient (Wildman–Crippen LogP) is 2.71. The van der Waals surface area contributed by atoms with Crippen LogP contribution in [0.1, 0.15) is 11.1 Å². The SMILES string of the molecule is Cc1ccc(NC(=O)CSC2=NC3NNCC3C(=O)N2c2ccc(F)c(F)c2)c(C)c1. The Balaban J connectivity index is 1.54. The molecule has 2 aromatic carbocycles. The quantitative estimate of drug-likeness (QED) is 0.674. The highest BCUT2D eigenvalue weighted by molar-refractivity contribution is 8.14. The van der Waals surface area contributed by atoms with Gasteiger partial charge in [-0.15, -0.1) is 0 Å². The van der Waals surface area contributed by atoms with Crippen molar-refractivity contribution in [2.24, 2.45) is 10.9 Å². The number of hydrazine groups is 1. The smallest absolute Gasteiger partial charge is 0.241 e. The second kappa shape index (κ2) is 8.74. The normalized spacial score (nSPS) is 20.5. The summed E-state index contributed by atoms with van der Waals surface area (Å²) in [7, 11) is 0. The Morgan fingerprint density at radius 2 is 2.03 bits per heavy atom. The predicted molar refractivity (Wildman–Crippen MR) is 117 cm³/mol. The van der Waals surface area contributed by atoms with Crippen molar-refractivity contribution in [3.05, 3.63) is 59.2 Å². The van der Waals surface area contributed by atoms with E-state index in [9.17, 15) is 18.4 Å². The Labute approximate surface area is 182 Å². The standard InChI is InChI=1S/C21H21F2N5O2S/c1-11-3-6-17(12(2)7-11)25-18(29)10-31-21-26-19-14(9-24-27-19)20(30)28(21)13-4-5-15(22)16(23)8-13/h3-8,14,19,24,27H,9-10H2,1-2H3,(H,25,29). The summed E-state index contributed by atoms with van der Waals surface area (Å²) in [5.74, 6) is -3.13. The largest absolute Gasteiger partial charge is 0.325 e. The third kappa shape index (κ3) is 4.46. The number of hydrogen-bond acceptors (Lipinski definition) is 6. The average Bonchev–Trinajstić information content (AvgIpc) is 3.20. The van der Waals surface area contributed by atoms with Gasteiger partial charge in [0.1, 0.15) is 6.17 Å². The molecule has 0 saturated carbocycles. The molecule has 1 fully saturated rings. The van der Waals surface area contributed by atoms with Gasteiger partial charge in [0, 0.05) is 18.3 Å². The maximum absolute atomic E-state index is 13.8. The van der Waals surface area contributed by atoms with Crippen LogP contribution in [-0.2, 0) is 9.59 Å². The molecular weight excluding hydrogens is 424 g/mol. The zero-order valence-electron chi connectivity index (χ0n) is 16.9. The number of benzene rings is 2. The molecule has 10 heteroatoms. The molecular formula is C21H21F2N5O2S. The molecule has 2 amide bonds. The molecule has 0 aliphatic carbocycles. The summed E-state index contributed by atoms with van der Waals surface area (Å²) < 4.78 is 27.2. The van der Waals surface area contributed by atoms with E-state index in [-0.39, 0.29) is 28.4 Å². The second-order valence-electron chi connectivity index (χ2n) is 7.42. The number of nitrogens with one attached hydrogen (secondary N) is 3. The number of rotatable bonds is 4. The number of aliphatic imine (C=N–C) groups is 1. The van der Waals surface area contributed by atoms with E-state index in [0.29, 0.717) is 12.2 Å². The fourth-order valence-corrected chi connectivity index (χ4v) is 4.35. The molecule has 2 aliphatic heterocycles. The summed E-state index contributed by atoms with van der Waals surface area (Å²) >= 11 is 1.06. The minimum absolute atomic E-state index is 0.00950. The van der Waals surface area contributed by atoms with Gasteiger partial charge in [0.2, 0.25) is 11.8 Å². The number of amidine groups is 1.